The molecular weight excluding hydrogens is 330 g/mol. The average Bonchev–Trinajstić information content (AvgIpc) is 3.16. The number of rotatable bonds is 3. The Morgan fingerprint density at radius 2 is 2.30 bits per heavy atom. The first-order valence-corrected chi connectivity index (χ1v) is 7.69. The minimum Gasteiger partial charge on any atom is -0.464 e. The molecule has 0 bridgehead atoms. The van der Waals surface area contributed by atoms with Crippen molar-refractivity contribution in [3.8, 4) is 0 Å². The number of hydrogen-bond donors (Lipinski definition) is 1. The van der Waals surface area contributed by atoms with Crippen LogP contribution < -0.4 is 5.32 Å². The highest BCUT2D eigenvalue weighted by Gasteiger charge is 2.31. The Kier molecular flexibility index (Phi) is 4.53. The quantitative estimate of drug-likeness (QED) is 0.926. The molecule has 0 spiro atoms. The zero-order valence-corrected chi connectivity index (χ0v) is 13.0. The number of nitrogens with one attached hydrogen (secondary N) is 1. The summed E-state index contributed by atoms with van der Waals surface area (Å²) in [5.74, 6) is 1.35. The van der Waals surface area contributed by atoms with Gasteiger partial charge in [-0.1, -0.05) is 11.3 Å². The van der Waals surface area contributed by atoms with E-state index in [0.29, 0.717) is 36.9 Å². The fourth-order valence-electron chi connectivity index (χ4n) is 2.25. The van der Waals surface area contributed by atoms with Crippen molar-refractivity contribution in [2.24, 2.45) is 0 Å². The van der Waals surface area contributed by atoms with E-state index in [4.69, 9.17) is 9.15 Å². The smallest absolute Gasteiger partial charge is 0.324 e. The molecule has 2 aromatic heterocycles. The van der Waals surface area contributed by atoms with Gasteiger partial charge in [0.15, 0.2) is 5.01 Å². The second kappa shape index (κ2) is 6.59. The number of halogens is 2. The van der Waals surface area contributed by atoms with Gasteiger partial charge >= 0.3 is 6.03 Å². The van der Waals surface area contributed by atoms with Crippen LogP contribution in [0.1, 0.15) is 29.0 Å². The Hall–Kier alpha value is -2.07. The minimum atomic E-state index is -2.71. The van der Waals surface area contributed by atoms with Crippen molar-refractivity contribution in [1.29, 1.82) is 0 Å². The first-order chi connectivity index (χ1) is 11.0. The molecule has 1 aliphatic heterocycles. The molecule has 1 aliphatic rings. The number of carbonyl (C=O) groups excluding carboxylic acids is 1. The Morgan fingerprint density at radius 3 is 2.96 bits per heavy atom. The lowest BCUT2D eigenvalue weighted by molar-refractivity contribution is 0.00710. The molecule has 0 radical (unpaired) electrons. The summed E-state index contributed by atoms with van der Waals surface area (Å²) < 4.78 is 36.0. The third-order valence-electron chi connectivity index (χ3n) is 3.32. The first-order valence-electron chi connectivity index (χ1n) is 6.88. The van der Waals surface area contributed by atoms with Crippen molar-refractivity contribution in [1.82, 2.24) is 15.1 Å². The van der Waals surface area contributed by atoms with Crippen LogP contribution in [0.25, 0.3) is 0 Å². The second-order valence-corrected chi connectivity index (χ2v) is 5.92. The highest BCUT2D eigenvalue weighted by Crippen LogP contribution is 2.28. The van der Waals surface area contributed by atoms with Crippen LogP contribution in [-0.2, 0) is 4.74 Å². The standard InChI is InChI=1S/C13H14F2N4O3S/c1-7-2-3-9(22-7)8-6-21-5-4-19(8)13(20)16-12-18-17-11(23-12)10(14)15/h2-3,8,10H,4-6H2,1H3,(H,16,18,20). The SMILES string of the molecule is Cc1ccc(C2COCCN2C(=O)Nc2nnc(C(F)F)s2)o1. The Morgan fingerprint density at radius 1 is 1.48 bits per heavy atom. The van der Waals surface area contributed by atoms with Crippen molar-refractivity contribution in [2.45, 2.75) is 19.4 Å². The molecule has 124 valence electrons. The number of alkyl halides is 2. The molecule has 1 N–H and O–H groups in total. The van der Waals surface area contributed by atoms with Gasteiger partial charge < -0.3 is 14.1 Å². The van der Waals surface area contributed by atoms with Crippen LogP contribution in [0.4, 0.5) is 18.7 Å². The summed E-state index contributed by atoms with van der Waals surface area (Å²) in [5, 5.41) is 8.98. The van der Waals surface area contributed by atoms with Crippen molar-refractivity contribution < 1.29 is 22.7 Å². The average molecular weight is 344 g/mol. The summed E-state index contributed by atoms with van der Waals surface area (Å²) >= 11 is 0.649. The van der Waals surface area contributed by atoms with E-state index in [2.05, 4.69) is 15.5 Å². The van der Waals surface area contributed by atoms with Gasteiger partial charge in [0, 0.05) is 6.54 Å². The zero-order valence-electron chi connectivity index (χ0n) is 12.2. The van der Waals surface area contributed by atoms with E-state index in [9.17, 15) is 13.6 Å². The number of urea groups is 1. The van der Waals surface area contributed by atoms with E-state index in [1.54, 1.807) is 12.1 Å². The van der Waals surface area contributed by atoms with Gasteiger partial charge in [-0.15, -0.1) is 10.2 Å². The van der Waals surface area contributed by atoms with E-state index < -0.39 is 17.5 Å². The van der Waals surface area contributed by atoms with Crippen LogP contribution in [0.15, 0.2) is 16.5 Å². The summed E-state index contributed by atoms with van der Waals surface area (Å²) in [5.41, 5.74) is 0. The van der Waals surface area contributed by atoms with Crippen LogP contribution in [0.3, 0.4) is 0 Å². The van der Waals surface area contributed by atoms with Crippen LogP contribution in [0, 0.1) is 6.92 Å². The van der Waals surface area contributed by atoms with Crippen LogP contribution >= 0.6 is 11.3 Å². The lowest BCUT2D eigenvalue weighted by Gasteiger charge is -2.33. The van der Waals surface area contributed by atoms with Crippen molar-refractivity contribution in [3.63, 3.8) is 0 Å². The highest BCUT2D eigenvalue weighted by molar-refractivity contribution is 7.15. The lowest BCUT2D eigenvalue weighted by Crippen LogP contribution is -2.45. The summed E-state index contributed by atoms with van der Waals surface area (Å²) in [6, 6.07) is 2.76. The molecule has 7 nitrogen and oxygen atoms in total. The molecule has 10 heteroatoms. The topological polar surface area (TPSA) is 80.5 Å². The Balaban J connectivity index is 1.73. The van der Waals surface area contributed by atoms with E-state index in [-0.39, 0.29) is 11.2 Å². The Labute approximate surface area is 134 Å². The van der Waals surface area contributed by atoms with Crippen LogP contribution in [0.2, 0.25) is 0 Å². The number of aromatic nitrogens is 2. The van der Waals surface area contributed by atoms with Crippen molar-refractivity contribution in [3.05, 3.63) is 28.7 Å². The molecular formula is C13H14F2N4O3S. The monoisotopic (exact) mass is 344 g/mol. The molecule has 1 saturated heterocycles. The summed E-state index contributed by atoms with van der Waals surface area (Å²) in [7, 11) is 0. The molecule has 1 fully saturated rings. The van der Waals surface area contributed by atoms with Gasteiger partial charge in [-0.25, -0.2) is 13.6 Å². The van der Waals surface area contributed by atoms with E-state index in [1.807, 2.05) is 6.92 Å². The number of furan rings is 1. The van der Waals surface area contributed by atoms with Gasteiger partial charge in [0.2, 0.25) is 5.13 Å². The minimum absolute atomic E-state index is 0.0335. The number of morpholine rings is 1. The normalized spacial score (nSPS) is 18.4. The predicted molar refractivity (Wildman–Crippen MR) is 77.6 cm³/mol. The fourth-order valence-corrected chi connectivity index (χ4v) is 2.84. The largest absolute Gasteiger partial charge is 0.464 e. The lowest BCUT2D eigenvalue weighted by atomic mass is 10.2. The molecule has 3 rings (SSSR count). The molecule has 3 heterocycles. The van der Waals surface area contributed by atoms with Gasteiger partial charge in [-0.05, 0) is 19.1 Å². The van der Waals surface area contributed by atoms with E-state index in [0.717, 1.165) is 5.76 Å². The van der Waals surface area contributed by atoms with Crippen LogP contribution in [-0.4, -0.2) is 40.9 Å². The first kappa shape index (κ1) is 15.8. The number of ether oxygens (including phenoxy) is 1. The van der Waals surface area contributed by atoms with Gasteiger partial charge in [0.05, 0.1) is 13.2 Å². The zero-order chi connectivity index (χ0) is 16.4. The van der Waals surface area contributed by atoms with Gasteiger partial charge in [-0.2, -0.15) is 0 Å². The van der Waals surface area contributed by atoms with Crippen molar-refractivity contribution >= 4 is 22.5 Å². The van der Waals surface area contributed by atoms with E-state index in [1.165, 1.54) is 4.90 Å². The fraction of sp³-hybridized carbons (Fsp3) is 0.462. The number of carbonyl (C=O) groups is 1. The number of anilines is 1. The molecule has 23 heavy (non-hydrogen) atoms. The predicted octanol–water partition coefficient (Wildman–Crippen LogP) is 2.98. The third kappa shape index (κ3) is 3.48. The molecule has 1 unspecified atom stereocenters. The second-order valence-electron chi connectivity index (χ2n) is 4.91. The number of aryl methyl sites for hydroxylation is 1. The molecule has 1 atom stereocenters. The molecule has 0 aliphatic carbocycles. The van der Waals surface area contributed by atoms with Crippen molar-refractivity contribution in [2.75, 3.05) is 25.1 Å². The summed E-state index contributed by atoms with van der Waals surface area (Å²) in [6.07, 6.45) is -2.71. The summed E-state index contributed by atoms with van der Waals surface area (Å²) in [4.78, 5) is 13.9. The maximum absolute atomic E-state index is 12.5. The molecule has 2 amide bonds. The maximum Gasteiger partial charge on any atom is 0.324 e. The number of hydrogen-bond acceptors (Lipinski definition) is 6. The number of amides is 2. The van der Waals surface area contributed by atoms with Gasteiger partial charge in [0.1, 0.15) is 17.6 Å². The van der Waals surface area contributed by atoms with E-state index >= 15 is 0 Å². The number of nitrogens with zero attached hydrogens (tertiary/aromatic N) is 3. The van der Waals surface area contributed by atoms with Crippen LogP contribution in [0.5, 0.6) is 0 Å². The third-order valence-corrected chi connectivity index (χ3v) is 4.17. The highest BCUT2D eigenvalue weighted by atomic mass is 32.1. The van der Waals surface area contributed by atoms with Gasteiger partial charge in [0.25, 0.3) is 6.43 Å². The maximum atomic E-state index is 12.5. The molecule has 0 saturated carbocycles. The summed E-state index contributed by atoms with van der Waals surface area (Å²) in [6.45, 7) is 2.86. The van der Waals surface area contributed by atoms with Gasteiger partial charge in [-0.3, -0.25) is 5.32 Å². The molecule has 0 aromatic carbocycles. The Bertz CT molecular complexity index is 690. The molecule has 2 aromatic rings.